The van der Waals surface area contributed by atoms with Gasteiger partial charge in [-0.3, -0.25) is 0 Å². The van der Waals surface area contributed by atoms with Gasteiger partial charge in [-0.2, -0.15) is 0 Å². The van der Waals surface area contributed by atoms with Crippen molar-refractivity contribution in [1.29, 1.82) is 0 Å². The predicted molar refractivity (Wildman–Crippen MR) is 48.1 cm³/mol. The van der Waals surface area contributed by atoms with Crippen molar-refractivity contribution in [3.8, 4) is 0 Å². The van der Waals surface area contributed by atoms with E-state index in [1.54, 1.807) is 0 Å². The van der Waals surface area contributed by atoms with Gasteiger partial charge in [-0.05, 0) is 24.7 Å². The van der Waals surface area contributed by atoms with Crippen LogP contribution in [-0.2, 0) is 4.79 Å². The minimum Gasteiger partial charge on any atom is -0.478 e. The summed E-state index contributed by atoms with van der Waals surface area (Å²) in [5, 5.41) is 9.40. The van der Waals surface area contributed by atoms with Crippen molar-refractivity contribution >= 4 is 17.6 Å². The highest BCUT2D eigenvalue weighted by Crippen LogP contribution is 2.36. The van der Waals surface area contributed by atoms with Crippen molar-refractivity contribution in [2.24, 2.45) is 11.8 Å². The first-order valence-corrected chi connectivity index (χ1v) is 4.54. The third kappa shape index (κ3) is 1.63. The van der Waals surface area contributed by atoms with E-state index < -0.39 is 5.97 Å². The Labute approximate surface area is 77.2 Å². The highest BCUT2D eigenvalue weighted by atomic mass is 35.5. The van der Waals surface area contributed by atoms with Crippen LogP contribution >= 0.6 is 11.6 Å². The lowest BCUT2D eigenvalue weighted by molar-refractivity contribution is -0.133. The fourth-order valence-electron chi connectivity index (χ4n) is 1.58. The van der Waals surface area contributed by atoms with Crippen molar-refractivity contribution < 1.29 is 9.90 Å². The van der Waals surface area contributed by atoms with E-state index in [4.69, 9.17) is 16.7 Å². The Balaban J connectivity index is 3.01. The number of hydrogen-bond acceptors (Lipinski definition) is 1. The molecule has 0 aromatic carbocycles. The fourth-order valence-corrected chi connectivity index (χ4v) is 1.96. The summed E-state index contributed by atoms with van der Waals surface area (Å²) in [6.45, 7) is 3.88. The smallest absolute Gasteiger partial charge is 0.333 e. The maximum Gasteiger partial charge on any atom is 0.333 e. The van der Waals surface area contributed by atoms with Crippen molar-refractivity contribution in [2.75, 3.05) is 0 Å². The Morgan fingerprint density at radius 2 is 1.92 bits per heavy atom. The molecule has 68 valence electrons. The summed E-state index contributed by atoms with van der Waals surface area (Å²) in [5.41, 5.74) is 0.412. The third-order valence-electron chi connectivity index (χ3n) is 2.45. The van der Waals surface area contributed by atoms with Crippen LogP contribution in [-0.4, -0.2) is 11.1 Å². The van der Waals surface area contributed by atoms with E-state index in [0.29, 0.717) is 10.6 Å². The molecule has 0 aromatic heterocycles. The molecule has 3 heteroatoms. The highest BCUT2D eigenvalue weighted by Gasteiger charge is 2.27. The Morgan fingerprint density at radius 3 is 2.33 bits per heavy atom. The van der Waals surface area contributed by atoms with Gasteiger partial charge in [0.1, 0.15) is 0 Å². The van der Waals surface area contributed by atoms with Crippen LogP contribution in [0.5, 0.6) is 0 Å². The summed E-state index contributed by atoms with van der Waals surface area (Å²) in [6.07, 6.45) is 1.93. The van der Waals surface area contributed by atoms with E-state index in [2.05, 4.69) is 0 Å². The molecule has 0 spiro atoms. The zero-order valence-corrected chi connectivity index (χ0v) is 8.06. The zero-order valence-electron chi connectivity index (χ0n) is 7.30. The summed E-state index contributed by atoms with van der Waals surface area (Å²) in [6, 6.07) is 0. The van der Waals surface area contributed by atoms with E-state index >= 15 is 0 Å². The van der Waals surface area contributed by atoms with Gasteiger partial charge in [0.2, 0.25) is 0 Å². The molecule has 0 aromatic rings. The van der Waals surface area contributed by atoms with Gasteiger partial charge in [0.05, 0.1) is 5.57 Å². The molecule has 0 bridgehead atoms. The molecule has 0 heterocycles. The quantitative estimate of drug-likeness (QED) is 0.687. The first-order chi connectivity index (χ1) is 5.54. The molecule has 0 aliphatic heterocycles. The number of hydrogen-bond donors (Lipinski definition) is 1. The van der Waals surface area contributed by atoms with Crippen molar-refractivity contribution in [2.45, 2.75) is 26.7 Å². The number of carboxylic acids is 1. The van der Waals surface area contributed by atoms with Gasteiger partial charge in [-0.25, -0.2) is 4.79 Å². The van der Waals surface area contributed by atoms with Crippen molar-refractivity contribution in [1.82, 2.24) is 0 Å². The van der Waals surface area contributed by atoms with Gasteiger partial charge < -0.3 is 5.11 Å². The molecular weight excluding hydrogens is 176 g/mol. The van der Waals surface area contributed by atoms with Crippen LogP contribution < -0.4 is 0 Å². The molecule has 2 unspecified atom stereocenters. The standard InChI is InChI=1S/C9H13ClO2/c1-5-3-4-6(2)8(10)7(5)9(11)12/h5-6H,3-4H2,1-2H3,(H,11,12). The lowest BCUT2D eigenvalue weighted by Gasteiger charge is -2.24. The maximum absolute atomic E-state index is 10.8. The van der Waals surface area contributed by atoms with Gasteiger partial charge >= 0.3 is 5.97 Å². The fraction of sp³-hybridized carbons (Fsp3) is 0.667. The molecule has 1 N–H and O–H groups in total. The van der Waals surface area contributed by atoms with Crippen LogP contribution in [0.15, 0.2) is 10.6 Å². The van der Waals surface area contributed by atoms with E-state index in [-0.39, 0.29) is 11.8 Å². The van der Waals surface area contributed by atoms with E-state index in [9.17, 15) is 4.79 Å². The second kappa shape index (κ2) is 3.48. The summed E-state index contributed by atoms with van der Waals surface area (Å²) in [5.74, 6) is -0.542. The number of carbonyl (C=O) groups is 1. The lowest BCUT2D eigenvalue weighted by Crippen LogP contribution is -2.19. The number of rotatable bonds is 1. The molecule has 1 aliphatic rings. The maximum atomic E-state index is 10.8. The number of aliphatic carboxylic acids is 1. The molecule has 2 nitrogen and oxygen atoms in total. The molecule has 0 fully saturated rings. The van der Waals surface area contributed by atoms with Gasteiger partial charge in [0, 0.05) is 5.03 Å². The second-order valence-electron chi connectivity index (χ2n) is 3.45. The lowest BCUT2D eigenvalue weighted by atomic mass is 9.84. The largest absolute Gasteiger partial charge is 0.478 e. The van der Waals surface area contributed by atoms with Crippen LogP contribution in [0.1, 0.15) is 26.7 Å². The zero-order chi connectivity index (χ0) is 9.30. The molecule has 0 amide bonds. The molecule has 0 saturated carbocycles. The van der Waals surface area contributed by atoms with Gasteiger partial charge in [-0.15, -0.1) is 0 Å². The minimum absolute atomic E-state index is 0.103. The van der Waals surface area contributed by atoms with Gasteiger partial charge in [0.25, 0.3) is 0 Å². The molecule has 0 radical (unpaired) electrons. The SMILES string of the molecule is CC1CCC(C)C(C(=O)O)=C1Cl. The van der Waals surface area contributed by atoms with Crippen molar-refractivity contribution in [3.05, 3.63) is 10.6 Å². The first-order valence-electron chi connectivity index (χ1n) is 4.17. The Bertz CT molecular complexity index is 233. The average molecular weight is 189 g/mol. The van der Waals surface area contributed by atoms with E-state index in [1.807, 2.05) is 13.8 Å². The third-order valence-corrected chi connectivity index (χ3v) is 3.02. The summed E-state index contributed by atoms with van der Waals surface area (Å²) >= 11 is 5.92. The molecular formula is C9H13ClO2. The van der Waals surface area contributed by atoms with E-state index in [0.717, 1.165) is 12.8 Å². The predicted octanol–water partition coefficient (Wildman–Crippen LogP) is 2.63. The molecule has 1 aliphatic carbocycles. The molecule has 12 heavy (non-hydrogen) atoms. The average Bonchev–Trinajstić information content (AvgIpc) is 1.97. The van der Waals surface area contributed by atoms with Gasteiger partial charge in [0.15, 0.2) is 0 Å². The van der Waals surface area contributed by atoms with Crippen LogP contribution in [0.4, 0.5) is 0 Å². The highest BCUT2D eigenvalue weighted by molar-refractivity contribution is 6.32. The Morgan fingerprint density at radius 1 is 1.42 bits per heavy atom. The van der Waals surface area contributed by atoms with Crippen LogP contribution in [0.25, 0.3) is 0 Å². The normalized spacial score (nSPS) is 30.6. The molecule has 0 saturated heterocycles. The van der Waals surface area contributed by atoms with Crippen LogP contribution in [0.3, 0.4) is 0 Å². The summed E-state index contributed by atoms with van der Waals surface area (Å²) < 4.78 is 0. The first kappa shape index (κ1) is 9.59. The molecule has 2 atom stereocenters. The Kier molecular flexibility index (Phi) is 2.78. The molecule has 1 rings (SSSR count). The van der Waals surface area contributed by atoms with Crippen LogP contribution in [0.2, 0.25) is 0 Å². The number of allylic oxidation sites excluding steroid dienone is 1. The Hall–Kier alpha value is -0.500. The van der Waals surface area contributed by atoms with Gasteiger partial charge in [-0.1, -0.05) is 25.4 Å². The van der Waals surface area contributed by atoms with Crippen molar-refractivity contribution in [3.63, 3.8) is 0 Å². The summed E-state index contributed by atoms with van der Waals surface area (Å²) in [4.78, 5) is 10.8. The monoisotopic (exact) mass is 188 g/mol. The number of halogens is 1. The minimum atomic E-state index is -0.862. The summed E-state index contributed by atoms with van der Waals surface area (Å²) in [7, 11) is 0. The number of carboxylic acid groups (broad SMARTS) is 1. The van der Waals surface area contributed by atoms with E-state index in [1.165, 1.54) is 0 Å². The van der Waals surface area contributed by atoms with Crippen LogP contribution in [0, 0.1) is 11.8 Å². The second-order valence-corrected chi connectivity index (χ2v) is 3.85. The topological polar surface area (TPSA) is 37.3 Å².